The van der Waals surface area contributed by atoms with Gasteiger partial charge in [-0.1, -0.05) is 41.9 Å². The highest BCUT2D eigenvalue weighted by Crippen LogP contribution is 2.41. The van der Waals surface area contributed by atoms with Crippen molar-refractivity contribution in [1.82, 2.24) is 10.2 Å². The molecule has 0 saturated heterocycles. The number of rotatable bonds is 5. The van der Waals surface area contributed by atoms with E-state index in [1.807, 2.05) is 48.5 Å². The first-order valence-electron chi connectivity index (χ1n) is 11.1. The number of carbonyl (C=O) groups excluding carboxylic acids is 2. The molecule has 0 fully saturated rings. The smallest absolute Gasteiger partial charge is 0.410 e. The number of ether oxygens (including phenoxy) is 2. The van der Waals surface area contributed by atoms with Crippen LogP contribution in [0.2, 0.25) is 5.02 Å². The zero-order valence-electron chi connectivity index (χ0n) is 18.6. The van der Waals surface area contributed by atoms with Gasteiger partial charge in [-0.25, -0.2) is 4.79 Å². The molecular formula is C25H24ClN3O4S. The zero-order chi connectivity index (χ0) is 23.7. The molecule has 0 unspecified atom stereocenters. The first-order chi connectivity index (χ1) is 16.5. The van der Waals surface area contributed by atoms with Gasteiger partial charge in [0.2, 0.25) is 0 Å². The van der Waals surface area contributed by atoms with Gasteiger partial charge in [0.15, 0.2) is 0 Å². The molecule has 2 aromatic carbocycles. The number of halogens is 1. The van der Waals surface area contributed by atoms with Gasteiger partial charge in [0.1, 0.15) is 23.5 Å². The number of nitrogens with zero attached hydrogens (tertiary/aromatic N) is 1. The first kappa shape index (κ1) is 22.6. The molecular weight excluding hydrogens is 474 g/mol. The van der Waals surface area contributed by atoms with Crippen LogP contribution in [0, 0.1) is 0 Å². The summed E-state index contributed by atoms with van der Waals surface area (Å²) in [4.78, 5) is 27.8. The van der Waals surface area contributed by atoms with Crippen LogP contribution in [-0.4, -0.2) is 30.1 Å². The van der Waals surface area contributed by atoms with Crippen molar-refractivity contribution in [2.45, 2.75) is 32.7 Å². The third kappa shape index (κ3) is 4.43. The Morgan fingerprint density at radius 2 is 1.97 bits per heavy atom. The van der Waals surface area contributed by atoms with E-state index < -0.39 is 0 Å². The van der Waals surface area contributed by atoms with Crippen LogP contribution in [-0.2, 0) is 24.3 Å². The van der Waals surface area contributed by atoms with Gasteiger partial charge >= 0.3 is 6.09 Å². The normalized spacial score (nSPS) is 16.7. The molecule has 176 valence electrons. The van der Waals surface area contributed by atoms with E-state index in [1.54, 1.807) is 11.8 Å². The molecule has 5 rings (SSSR count). The van der Waals surface area contributed by atoms with E-state index in [4.69, 9.17) is 21.1 Å². The molecule has 3 heterocycles. The van der Waals surface area contributed by atoms with Crippen molar-refractivity contribution < 1.29 is 19.1 Å². The fourth-order valence-corrected chi connectivity index (χ4v) is 5.67. The minimum atomic E-state index is -0.348. The van der Waals surface area contributed by atoms with Crippen molar-refractivity contribution >= 4 is 39.9 Å². The molecule has 2 aliphatic heterocycles. The van der Waals surface area contributed by atoms with Crippen LogP contribution in [0.5, 0.6) is 5.75 Å². The Kier molecular flexibility index (Phi) is 6.34. The van der Waals surface area contributed by atoms with Crippen molar-refractivity contribution in [3.63, 3.8) is 0 Å². The van der Waals surface area contributed by atoms with Crippen LogP contribution in [0.15, 0.2) is 48.5 Å². The summed E-state index contributed by atoms with van der Waals surface area (Å²) in [7, 11) is 0. The highest BCUT2D eigenvalue weighted by atomic mass is 35.5. The van der Waals surface area contributed by atoms with Gasteiger partial charge in [0.25, 0.3) is 5.91 Å². The van der Waals surface area contributed by atoms with Gasteiger partial charge in [-0.05, 0) is 42.7 Å². The Bertz CT molecular complexity index is 1230. The summed E-state index contributed by atoms with van der Waals surface area (Å²) in [5.74, 6) is 0.622. The number of benzene rings is 2. The molecule has 0 spiro atoms. The van der Waals surface area contributed by atoms with Crippen molar-refractivity contribution in [2.24, 2.45) is 0 Å². The lowest BCUT2D eigenvalue weighted by molar-refractivity contribution is 0.0934. The van der Waals surface area contributed by atoms with Crippen molar-refractivity contribution in [1.29, 1.82) is 0 Å². The molecule has 34 heavy (non-hydrogen) atoms. The standard InChI is InChI=1S/C25H24ClN3O4S/c1-2-32-25(31)29-12-11-18-20(13-29)34-24-21(18)23(30)27-22(28-24)15-7-9-17(10-8-15)33-14-16-5-3-4-6-19(16)26/h3-10,22,28H,2,11-14H2,1H3,(H,27,30)/t22-/m1/s1. The molecule has 1 aromatic heterocycles. The zero-order valence-corrected chi connectivity index (χ0v) is 20.2. The van der Waals surface area contributed by atoms with E-state index in [1.165, 1.54) is 11.3 Å². The van der Waals surface area contributed by atoms with Crippen molar-refractivity contribution in [2.75, 3.05) is 18.5 Å². The quantitative estimate of drug-likeness (QED) is 0.496. The molecule has 1 atom stereocenters. The minimum absolute atomic E-state index is 0.0973. The fourth-order valence-electron chi connectivity index (χ4n) is 4.19. The van der Waals surface area contributed by atoms with Crippen LogP contribution < -0.4 is 15.4 Å². The predicted molar refractivity (Wildman–Crippen MR) is 132 cm³/mol. The van der Waals surface area contributed by atoms with E-state index in [0.717, 1.165) is 32.3 Å². The Labute approximate surface area is 206 Å². The number of carbonyl (C=O) groups is 2. The molecule has 0 aliphatic carbocycles. The van der Waals surface area contributed by atoms with E-state index >= 15 is 0 Å². The van der Waals surface area contributed by atoms with E-state index in [9.17, 15) is 9.59 Å². The maximum atomic E-state index is 13.0. The van der Waals surface area contributed by atoms with Gasteiger partial charge in [-0.15, -0.1) is 11.3 Å². The Hall–Kier alpha value is -3.23. The highest BCUT2D eigenvalue weighted by molar-refractivity contribution is 7.16. The SMILES string of the molecule is CCOC(=O)N1CCc2c(sc3c2C(=O)N[C@@H](c2ccc(OCc4ccccc4Cl)cc2)N3)C1. The molecule has 9 heteroatoms. The van der Waals surface area contributed by atoms with Gasteiger partial charge in [0, 0.05) is 22.0 Å². The van der Waals surface area contributed by atoms with E-state index in [-0.39, 0.29) is 18.2 Å². The van der Waals surface area contributed by atoms with Gasteiger partial charge in [-0.3, -0.25) is 4.79 Å². The minimum Gasteiger partial charge on any atom is -0.489 e. The summed E-state index contributed by atoms with van der Waals surface area (Å²) >= 11 is 7.73. The summed E-state index contributed by atoms with van der Waals surface area (Å²) in [6.07, 6.45) is -0.0254. The van der Waals surface area contributed by atoms with Crippen LogP contribution in [0.1, 0.15) is 45.0 Å². The topological polar surface area (TPSA) is 79.9 Å². The lowest BCUT2D eigenvalue weighted by atomic mass is 10.0. The fraction of sp³-hybridized carbons (Fsp3) is 0.280. The second-order valence-corrected chi connectivity index (χ2v) is 9.59. The maximum absolute atomic E-state index is 13.0. The Morgan fingerprint density at radius 1 is 1.18 bits per heavy atom. The van der Waals surface area contributed by atoms with Crippen molar-refractivity contribution in [3.8, 4) is 5.75 Å². The number of thiophene rings is 1. The summed E-state index contributed by atoms with van der Waals surface area (Å²) in [6.45, 7) is 3.52. The van der Waals surface area contributed by atoms with Gasteiger partial charge in [0.05, 0.1) is 18.7 Å². The largest absolute Gasteiger partial charge is 0.489 e. The lowest BCUT2D eigenvalue weighted by Crippen LogP contribution is -2.39. The first-order valence-corrected chi connectivity index (χ1v) is 12.3. The monoisotopic (exact) mass is 497 g/mol. The molecule has 2 N–H and O–H groups in total. The average Bonchev–Trinajstić information content (AvgIpc) is 3.22. The Balaban J connectivity index is 1.27. The average molecular weight is 498 g/mol. The third-order valence-electron chi connectivity index (χ3n) is 5.93. The lowest BCUT2D eigenvalue weighted by Gasteiger charge is -2.28. The second-order valence-electron chi connectivity index (χ2n) is 8.08. The molecule has 0 bridgehead atoms. The van der Waals surface area contributed by atoms with Gasteiger partial charge < -0.3 is 25.0 Å². The summed E-state index contributed by atoms with van der Waals surface area (Å²) in [5.41, 5.74) is 3.56. The van der Waals surface area contributed by atoms with Crippen LogP contribution in [0.4, 0.5) is 9.80 Å². The number of amides is 2. The van der Waals surface area contributed by atoms with Gasteiger partial charge in [-0.2, -0.15) is 0 Å². The summed E-state index contributed by atoms with van der Waals surface area (Å²) < 4.78 is 11.0. The molecule has 2 amide bonds. The summed E-state index contributed by atoms with van der Waals surface area (Å²) in [6, 6.07) is 15.2. The third-order valence-corrected chi connectivity index (χ3v) is 7.44. The molecule has 0 radical (unpaired) electrons. The molecule has 3 aromatic rings. The number of hydrogen-bond acceptors (Lipinski definition) is 6. The van der Waals surface area contributed by atoms with Crippen LogP contribution in [0.25, 0.3) is 0 Å². The second kappa shape index (κ2) is 9.56. The number of hydrogen-bond donors (Lipinski definition) is 2. The number of nitrogens with one attached hydrogen (secondary N) is 2. The molecule has 0 saturated carbocycles. The maximum Gasteiger partial charge on any atom is 0.410 e. The molecule has 7 nitrogen and oxygen atoms in total. The summed E-state index contributed by atoms with van der Waals surface area (Å²) in [5, 5.41) is 8.02. The number of anilines is 1. The molecule has 2 aliphatic rings. The highest BCUT2D eigenvalue weighted by Gasteiger charge is 2.34. The Morgan fingerprint density at radius 3 is 2.74 bits per heavy atom. The van der Waals surface area contributed by atoms with E-state index in [0.29, 0.717) is 43.3 Å². The van der Waals surface area contributed by atoms with Crippen molar-refractivity contribution in [3.05, 3.63) is 80.7 Å². The van der Waals surface area contributed by atoms with Crippen LogP contribution >= 0.6 is 22.9 Å². The van der Waals surface area contributed by atoms with E-state index in [2.05, 4.69) is 10.6 Å². The van der Waals surface area contributed by atoms with Crippen LogP contribution in [0.3, 0.4) is 0 Å². The number of fused-ring (bicyclic) bond motifs is 3. The predicted octanol–water partition coefficient (Wildman–Crippen LogP) is 5.35.